The van der Waals surface area contributed by atoms with Crippen molar-refractivity contribution in [2.75, 3.05) is 0 Å². The molecule has 0 amide bonds. The van der Waals surface area contributed by atoms with E-state index < -0.39 is 0 Å². The van der Waals surface area contributed by atoms with Crippen LogP contribution in [0.15, 0.2) is 18.2 Å². The van der Waals surface area contributed by atoms with Crippen molar-refractivity contribution in [2.24, 2.45) is 0 Å². The molecule has 0 atom stereocenters. The van der Waals surface area contributed by atoms with E-state index in [9.17, 15) is 0 Å². The first kappa shape index (κ1) is 9.08. The summed E-state index contributed by atoms with van der Waals surface area (Å²) in [5.41, 5.74) is 3.20. The van der Waals surface area contributed by atoms with E-state index in [-0.39, 0.29) is 0 Å². The SMILES string of the molecule is CCC1(c2ccc(Cl)c(C)c2)CC1. The number of rotatable bonds is 2. The first-order valence-corrected chi connectivity index (χ1v) is 5.32. The van der Waals surface area contributed by atoms with Gasteiger partial charge in [-0.2, -0.15) is 0 Å². The van der Waals surface area contributed by atoms with Crippen LogP contribution in [0.1, 0.15) is 37.3 Å². The average Bonchev–Trinajstić information content (AvgIpc) is 2.90. The van der Waals surface area contributed by atoms with Gasteiger partial charge in [0.15, 0.2) is 0 Å². The van der Waals surface area contributed by atoms with Gasteiger partial charge in [-0.25, -0.2) is 0 Å². The van der Waals surface area contributed by atoms with Crippen LogP contribution in [-0.4, -0.2) is 0 Å². The van der Waals surface area contributed by atoms with Crippen LogP contribution in [0, 0.1) is 6.92 Å². The van der Waals surface area contributed by atoms with Gasteiger partial charge >= 0.3 is 0 Å². The molecule has 0 nitrogen and oxygen atoms in total. The van der Waals surface area contributed by atoms with Gasteiger partial charge in [0, 0.05) is 5.02 Å². The topological polar surface area (TPSA) is 0 Å². The van der Waals surface area contributed by atoms with E-state index in [0.717, 1.165) is 5.02 Å². The molecule has 0 heterocycles. The van der Waals surface area contributed by atoms with Crippen LogP contribution in [0.25, 0.3) is 0 Å². The Morgan fingerprint density at radius 2 is 2.08 bits per heavy atom. The highest BCUT2D eigenvalue weighted by Crippen LogP contribution is 2.51. The zero-order valence-corrected chi connectivity index (χ0v) is 8.99. The second-order valence-electron chi connectivity index (χ2n) is 4.10. The second-order valence-corrected chi connectivity index (χ2v) is 4.51. The number of aryl methyl sites for hydroxylation is 1. The van der Waals surface area contributed by atoms with Gasteiger partial charge in [0.2, 0.25) is 0 Å². The van der Waals surface area contributed by atoms with Crippen LogP contribution >= 0.6 is 11.6 Å². The van der Waals surface area contributed by atoms with Crippen LogP contribution in [0.2, 0.25) is 5.02 Å². The maximum absolute atomic E-state index is 5.99. The highest BCUT2D eigenvalue weighted by atomic mass is 35.5. The standard InChI is InChI=1S/C12H15Cl/c1-3-12(6-7-12)10-4-5-11(13)9(2)8-10/h4-5,8H,3,6-7H2,1-2H3. The second kappa shape index (κ2) is 3.02. The fourth-order valence-corrected chi connectivity index (χ4v) is 2.09. The molecule has 0 unspecified atom stereocenters. The first-order valence-electron chi connectivity index (χ1n) is 4.94. The summed E-state index contributed by atoms with van der Waals surface area (Å²) < 4.78 is 0. The van der Waals surface area contributed by atoms with Crippen LogP contribution < -0.4 is 0 Å². The summed E-state index contributed by atoms with van der Waals surface area (Å²) in [6.07, 6.45) is 3.96. The minimum atomic E-state index is 0.509. The van der Waals surface area contributed by atoms with Crippen molar-refractivity contribution in [1.29, 1.82) is 0 Å². The van der Waals surface area contributed by atoms with E-state index in [1.165, 1.54) is 30.4 Å². The van der Waals surface area contributed by atoms with Crippen LogP contribution in [-0.2, 0) is 5.41 Å². The molecule has 1 saturated carbocycles. The lowest BCUT2D eigenvalue weighted by atomic mass is 9.92. The highest BCUT2D eigenvalue weighted by molar-refractivity contribution is 6.31. The molecule has 0 N–H and O–H groups in total. The third-order valence-corrected chi connectivity index (χ3v) is 3.72. The molecule has 70 valence electrons. The van der Waals surface area contributed by atoms with Crippen molar-refractivity contribution >= 4 is 11.6 Å². The molecule has 0 bridgehead atoms. The average molecular weight is 195 g/mol. The Bertz CT molecular complexity index is 324. The van der Waals surface area contributed by atoms with Crippen molar-refractivity contribution in [3.8, 4) is 0 Å². The molecule has 1 fully saturated rings. The molecule has 1 aromatic carbocycles. The van der Waals surface area contributed by atoms with Crippen molar-refractivity contribution in [3.63, 3.8) is 0 Å². The van der Waals surface area contributed by atoms with Crippen LogP contribution in [0.5, 0.6) is 0 Å². The Labute approximate surface area is 84.9 Å². The lowest BCUT2D eigenvalue weighted by Crippen LogP contribution is -2.04. The molecular weight excluding hydrogens is 180 g/mol. The quantitative estimate of drug-likeness (QED) is 0.665. The summed E-state index contributed by atoms with van der Waals surface area (Å²) in [6.45, 7) is 4.36. The van der Waals surface area contributed by atoms with Gasteiger partial charge in [0.05, 0.1) is 0 Å². The van der Waals surface area contributed by atoms with Gasteiger partial charge in [-0.3, -0.25) is 0 Å². The number of hydrogen-bond donors (Lipinski definition) is 0. The van der Waals surface area contributed by atoms with E-state index in [1.807, 2.05) is 6.07 Å². The summed E-state index contributed by atoms with van der Waals surface area (Å²) in [5.74, 6) is 0. The molecule has 0 saturated heterocycles. The zero-order chi connectivity index (χ0) is 9.47. The summed E-state index contributed by atoms with van der Waals surface area (Å²) in [5, 5.41) is 0.885. The predicted octanol–water partition coefficient (Wildman–Crippen LogP) is 4.09. The third-order valence-electron chi connectivity index (χ3n) is 3.30. The molecule has 13 heavy (non-hydrogen) atoms. The molecule has 1 heteroatoms. The van der Waals surface area contributed by atoms with E-state index >= 15 is 0 Å². The van der Waals surface area contributed by atoms with E-state index in [2.05, 4.69) is 26.0 Å². The van der Waals surface area contributed by atoms with Crippen molar-refractivity contribution in [3.05, 3.63) is 34.3 Å². The molecule has 2 rings (SSSR count). The van der Waals surface area contributed by atoms with Gasteiger partial charge in [-0.15, -0.1) is 0 Å². The Kier molecular flexibility index (Phi) is 2.11. The van der Waals surface area contributed by atoms with Crippen molar-refractivity contribution in [2.45, 2.75) is 38.5 Å². The molecule has 1 aromatic rings. The van der Waals surface area contributed by atoms with Gasteiger partial charge < -0.3 is 0 Å². The van der Waals surface area contributed by atoms with E-state index in [1.54, 1.807) is 0 Å². The predicted molar refractivity (Wildman–Crippen MR) is 57.4 cm³/mol. The Morgan fingerprint density at radius 3 is 2.54 bits per heavy atom. The highest BCUT2D eigenvalue weighted by Gasteiger charge is 2.42. The Hall–Kier alpha value is -0.490. The van der Waals surface area contributed by atoms with E-state index in [0.29, 0.717) is 5.41 Å². The Balaban J connectivity index is 2.37. The molecule has 0 spiro atoms. The first-order chi connectivity index (χ1) is 6.18. The van der Waals surface area contributed by atoms with E-state index in [4.69, 9.17) is 11.6 Å². The summed E-state index contributed by atoms with van der Waals surface area (Å²) in [4.78, 5) is 0. The molecule has 1 aliphatic rings. The normalized spacial score (nSPS) is 18.7. The fourth-order valence-electron chi connectivity index (χ4n) is 1.97. The number of hydrogen-bond acceptors (Lipinski definition) is 0. The number of benzene rings is 1. The minimum Gasteiger partial charge on any atom is -0.0841 e. The minimum absolute atomic E-state index is 0.509. The number of halogens is 1. The molecule has 0 aromatic heterocycles. The molecule has 1 aliphatic carbocycles. The van der Waals surface area contributed by atoms with Crippen molar-refractivity contribution in [1.82, 2.24) is 0 Å². The van der Waals surface area contributed by atoms with Gasteiger partial charge in [-0.1, -0.05) is 30.7 Å². The Morgan fingerprint density at radius 1 is 1.38 bits per heavy atom. The van der Waals surface area contributed by atoms with Gasteiger partial charge in [0.1, 0.15) is 0 Å². The summed E-state index contributed by atoms with van der Waals surface area (Å²) in [6, 6.07) is 6.46. The van der Waals surface area contributed by atoms with Crippen LogP contribution in [0.3, 0.4) is 0 Å². The zero-order valence-electron chi connectivity index (χ0n) is 8.23. The molecular formula is C12H15Cl. The monoisotopic (exact) mass is 194 g/mol. The third kappa shape index (κ3) is 1.48. The summed E-state index contributed by atoms with van der Waals surface area (Å²) >= 11 is 5.99. The van der Waals surface area contributed by atoms with Crippen molar-refractivity contribution < 1.29 is 0 Å². The lowest BCUT2D eigenvalue weighted by Gasteiger charge is -2.13. The lowest BCUT2D eigenvalue weighted by molar-refractivity contribution is 0.663. The van der Waals surface area contributed by atoms with Gasteiger partial charge in [-0.05, 0) is 48.8 Å². The van der Waals surface area contributed by atoms with Crippen LogP contribution in [0.4, 0.5) is 0 Å². The maximum Gasteiger partial charge on any atom is 0.0435 e. The fraction of sp³-hybridized carbons (Fsp3) is 0.500. The van der Waals surface area contributed by atoms with Gasteiger partial charge in [0.25, 0.3) is 0 Å². The smallest absolute Gasteiger partial charge is 0.0435 e. The maximum atomic E-state index is 5.99. The largest absolute Gasteiger partial charge is 0.0841 e. The molecule has 0 aliphatic heterocycles. The summed E-state index contributed by atoms with van der Waals surface area (Å²) in [7, 11) is 0. The molecule has 0 radical (unpaired) electrons.